The van der Waals surface area contributed by atoms with E-state index in [1.165, 1.54) is 23.0 Å². The lowest BCUT2D eigenvalue weighted by atomic mass is 9.70. The zero-order valence-electron chi connectivity index (χ0n) is 15.4. The lowest BCUT2D eigenvalue weighted by molar-refractivity contribution is -0.128. The Morgan fingerprint density at radius 3 is 2.20 bits per heavy atom. The Balaban J connectivity index is 0.000000196. The van der Waals surface area contributed by atoms with Crippen LogP contribution in [0.5, 0.6) is 0 Å². The maximum absolute atomic E-state index is 12.0. The quantitative estimate of drug-likeness (QED) is 0.523. The first kappa shape index (κ1) is 21.3. The van der Waals surface area contributed by atoms with Crippen LogP contribution in [0.2, 0.25) is 0 Å². The molecule has 2 saturated carbocycles. The molecule has 1 heterocycles. The summed E-state index contributed by atoms with van der Waals surface area (Å²) < 4.78 is 33.3. The van der Waals surface area contributed by atoms with E-state index in [2.05, 4.69) is 0 Å². The topological polar surface area (TPSA) is 91.3 Å². The predicted molar refractivity (Wildman–Crippen MR) is 103 cm³/mol. The summed E-state index contributed by atoms with van der Waals surface area (Å²) in [7, 11) is -4.04. The molecular weight excluding hydrogens is 380 g/mol. The molecule has 2 bridgehead atoms. The molecule has 144 valence electrons. The molecule has 3 unspecified atom stereocenters. The number of fused-ring (bicyclic) bond motifs is 2. The van der Waals surface area contributed by atoms with E-state index in [0.29, 0.717) is 29.5 Å². The highest BCUT2D eigenvalue weighted by atomic mass is 32.2. The van der Waals surface area contributed by atoms with Gasteiger partial charge >= 0.3 is 0 Å². The minimum atomic E-state index is -4.49. The number of thioether (sulfide) groups is 1. The summed E-state index contributed by atoms with van der Waals surface area (Å²) in [6, 6.07) is 0. The second-order valence-electron chi connectivity index (χ2n) is 7.96. The number of hydrogen-bond acceptors (Lipinski definition) is 6. The molecule has 5 nitrogen and oxygen atoms in total. The first-order valence-corrected chi connectivity index (χ1v) is 13.0. The van der Waals surface area contributed by atoms with Gasteiger partial charge in [0.1, 0.15) is 26.9 Å². The SMILES string of the molecule is CC(=O)C[S+]1CCSCC1.CC12CCC(C(S(=O)(=O)[O-])C1=O)C2(C)C. The van der Waals surface area contributed by atoms with Gasteiger partial charge in [-0.05, 0) is 42.0 Å². The van der Waals surface area contributed by atoms with Crippen LogP contribution in [0.3, 0.4) is 0 Å². The fraction of sp³-hybridized carbons (Fsp3) is 0.882. The zero-order chi connectivity index (χ0) is 19.0. The monoisotopic (exact) mass is 408 g/mol. The van der Waals surface area contributed by atoms with E-state index < -0.39 is 20.8 Å². The van der Waals surface area contributed by atoms with Crippen LogP contribution in [-0.2, 0) is 30.6 Å². The number of ketones is 2. The van der Waals surface area contributed by atoms with Gasteiger partial charge in [0.25, 0.3) is 0 Å². The first-order valence-electron chi connectivity index (χ1n) is 8.61. The van der Waals surface area contributed by atoms with E-state index in [1.54, 1.807) is 13.8 Å². The van der Waals surface area contributed by atoms with E-state index in [9.17, 15) is 22.6 Å². The summed E-state index contributed by atoms with van der Waals surface area (Å²) in [5.41, 5.74) is -0.994. The first-order chi connectivity index (χ1) is 11.4. The molecule has 1 aliphatic heterocycles. The Bertz CT molecular complexity index is 637. The van der Waals surface area contributed by atoms with Crippen molar-refractivity contribution in [2.24, 2.45) is 16.7 Å². The average Bonchev–Trinajstić information content (AvgIpc) is 2.79. The molecule has 2 aliphatic carbocycles. The van der Waals surface area contributed by atoms with Crippen molar-refractivity contribution in [1.82, 2.24) is 0 Å². The Morgan fingerprint density at radius 1 is 1.28 bits per heavy atom. The largest absolute Gasteiger partial charge is 0.747 e. The number of rotatable bonds is 3. The van der Waals surface area contributed by atoms with Gasteiger partial charge in [-0.3, -0.25) is 9.59 Å². The van der Waals surface area contributed by atoms with Crippen molar-refractivity contribution in [1.29, 1.82) is 0 Å². The van der Waals surface area contributed by atoms with Crippen LogP contribution in [-0.4, -0.2) is 58.6 Å². The highest BCUT2D eigenvalue weighted by Crippen LogP contribution is 2.64. The van der Waals surface area contributed by atoms with Crippen LogP contribution in [0.1, 0.15) is 40.5 Å². The molecular formula is C17H28O5S3. The predicted octanol–water partition coefficient (Wildman–Crippen LogP) is 1.87. The molecule has 8 heteroatoms. The summed E-state index contributed by atoms with van der Waals surface area (Å²) in [4.78, 5) is 22.7. The van der Waals surface area contributed by atoms with Crippen molar-refractivity contribution in [3.63, 3.8) is 0 Å². The summed E-state index contributed by atoms with van der Waals surface area (Å²) in [6.45, 7) is 7.29. The van der Waals surface area contributed by atoms with E-state index in [1.807, 2.05) is 25.6 Å². The van der Waals surface area contributed by atoms with Crippen molar-refractivity contribution in [2.45, 2.75) is 45.8 Å². The Kier molecular flexibility index (Phi) is 6.39. The van der Waals surface area contributed by atoms with Crippen LogP contribution >= 0.6 is 11.8 Å². The summed E-state index contributed by atoms with van der Waals surface area (Å²) in [6.07, 6.45) is 1.37. The molecule has 3 aliphatic rings. The smallest absolute Gasteiger partial charge is 0.178 e. The van der Waals surface area contributed by atoms with E-state index >= 15 is 0 Å². The van der Waals surface area contributed by atoms with Gasteiger partial charge in [-0.2, -0.15) is 11.8 Å². The maximum Gasteiger partial charge on any atom is 0.178 e. The molecule has 0 aromatic rings. The van der Waals surface area contributed by atoms with Crippen LogP contribution in [0.4, 0.5) is 0 Å². The van der Waals surface area contributed by atoms with E-state index in [4.69, 9.17) is 0 Å². The minimum Gasteiger partial charge on any atom is -0.747 e. The molecule has 3 atom stereocenters. The van der Waals surface area contributed by atoms with Crippen molar-refractivity contribution in [3.8, 4) is 0 Å². The molecule has 0 radical (unpaired) electrons. The van der Waals surface area contributed by atoms with Crippen LogP contribution in [0.15, 0.2) is 0 Å². The molecule has 25 heavy (non-hydrogen) atoms. The van der Waals surface area contributed by atoms with Crippen molar-refractivity contribution in [2.75, 3.05) is 28.8 Å². The van der Waals surface area contributed by atoms with Crippen molar-refractivity contribution in [3.05, 3.63) is 0 Å². The Hall–Kier alpha value is -0.0500. The standard InChI is InChI=1S/C10H16O4S.C7H13OS2/c1-9(2)6-4-5-10(9,3)8(11)7(6)15(12,13)14;1-7(8)6-10-4-2-9-3-5-10/h6-7H,4-5H2,1-3H3,(H,12,13,14);2-6H2,1H3/q;+1/p-1. The summed E-state index contributed by atoms with van der Waals surface area (Å²) in [5.74, 6) is 5.67. The molecule has 0 spiro atoms. The molecule has 0 aromatic heterocycles. The maximum atomic E-state index is 12.0. The number of Topliss-reactive ketones (excluding diaryl/α,β-unsaturated/α-hetero) is 2. The number of carbonyl (C=O) groups excluding carboxylic acids is 2. The molecule has 1 saturated heterocycles. The molecule has 3 fully saturated rings. The third-order valence-corrected chi connectivity index (χ3v) is 11.3. The lowest BCUT2D eigenvalue weighted by Gasteiger charge is -2.32. The highest BCUT2D eigenvalue weighted by Gasteiger charge is 2.67. The van der Waals surface area contributed by atoms with Crippen molar-refractivity contribution < 1.29 is 22.6 Å². The third kappa shape index (κ3) is 4.12. The van der Waals surface area contributed by atoms with E-state index in [0.717, 1.165) is 5.75 Å². The van der Waals surface area contributed by atoms with Crippen LogP contribution < -0.4 is 0 Å². The third-order valence-electron chi connectivity index (χ3n) is 6.22. The van der Waals surface area contributed by atoms with Gasteiger partial charge in [-0.25, -0.2) is 8.42 Å². The molecule has 0 amide bonds. The van der Waals surface area contributed by atoms with Gasteiger partial charge < -0.3 is 4.55 Å². The van der Waals surface area contributed by atoms with Gasteiger partial charge in [0.15, 0.2) is 17.3 Å². The molecule has 3 rings (SSSR count). The molecule has 0 N–H and O–H groups in total. The Labute approximate surface area is 158 Å². The summed E-state index contributed by atoms with van der Waals surface area (Å²) >= 11 is 2.02. The van der Waals surface area contributed by atoms with Crippen molar-refractivity contribution >= 4 is 44.3 Å². The van der Waals surface area contributed by atoms with Crippen LogP contribution in [0, 0.1) is 16.7 Å². The molecule has 0 aromatic carbocycles. The van der Waals surface area contributed by atoms with Gasteiger partial charge in [-0.15, -0.1) is 0 Å². The highest BCUT2D eigenvalue weighted by molar-refractivity contribution is 8.05. The minimum absolute atomic E-state index is 0.294. The number of hydrogen-bond donors (Lipinski definition) is 0. The summed E-state index contributed by atoms with van der Waals surface area (Å²) in [5, 5.41) is -1.30. The second-order valence-corrected chi connectivity index (χ2v) is 13.0. The van der Waals surface area contributed by atoms with Gasteiger partial charge in [0.2, 0.25) is 0 Å². The second kappa shape index (κ2) is 7.52. The Morgan fingerprint density at radius 2 is 1.84 bits per heavy atom. The van der Waals surface area contributed by atoms with E-state index in [-0.39, 0.29) is 17.1 Å². The normalized spacial score (nSPS) is 34.5. The van der Waals surface area contributed by atoms with Gasteiger partial charge in [0.05, 0.1) is 0 Å². The van der Waals surface area contributed by atoms with Gasteiger partial charge in [0, 0.05) is 16.9 Å². The zero-order valence-corrected chi connectivity index (χ0v) is 17.8. The van der Waals surface area contributed by atoms with Gasteiger partial charge in [-0.1, -0.05) is 20.8 Å². The fourth-order valence-electron chi connectivity index (χ4n) is 4.33. The number of carbonyl (C=O) groups is 2. The van der Waals surface area contributed by atoms with Crippen LogP contribution in [0.25, 0.3) is 0 Å². The average molecular weight is 409 g/mol. The lowest BCUT2D eigenvalue weighted by Crippen LogP contribution is -2.38. The fourth-order valence-corrected chi connectivity index (χ4v) is 9.83.